The molecule has 0 fully saturated rings. The zero-order chi connectivity index (χ0) is 13.2. The minimum Gasteiger partial charge on any atom is -0.380 e. The molecule has 0 aliphatic rings. The molecule has 1 aromatic carbocycles. The Morgan fingerprint density at radius 3 is 2.67 bits per heavy atom. The van der Waals surface area contributed by atoms with Crippen LogP contribution in [0.2, 0.25) is 0 Å². The predicted octanol–water partition coefficient (Wildman–Crippen LogP) is 3.53. The van der Waals surface area contributed by atoms with Crippen LogP contribution in [0.15, 0.2) is 45.1 Å². The fourth-order valence-electron chi connectivity index (χ4n) is 1.47. The highest BCUT2D eigenvalue weighted by molar-refractivity contribution is 9.11. The van der Waals surface area contributed by atoms with Crippen LogP contribution in [-0.4, -0.2) is 14.7 Å². The Kier molecular flexibility index (Phi) is 4.09. The van der Waals surface area contributed by atoms with Crippen LogP contribution in [0.25, 0.3) is 0 Å². The highest BCUT2D eigenvalue weighted by Crippen LogP contribution is 2.23. The van der Waals surface area contributed by atoms with Gasteiger partial charge in [-0.25, -0.2) is 8.42 Å². The van der Waals surface area contributed by atoms with Gasteiger partial charge in [0.05, 0.1) is 8.68 Å². The maximum absolute atomic E-state index is 11.4. The maximum Gasteiger partial charge on any atom is 0.175 e. The number of anilines is 1. The Bertz CT molecular complexity index is 650. The van der Waals surface area contributed by atoms with Gasteiger partial charge in [0.2, 0.25) is 0 Å². The highest BCUT2D eigenvalue weighted by Gasteiger charge is 2.07. The Morgan fingerprint density at radius 2 is 2.06 bits per heavy atom. The van der Waals surface area contributed by atoms with E-state index in [1.54, 1.807) is 29.5 Å². The normalized spacial score (nSPS) is 11.4. The van der Waals surface area contributed by atoms with E-state index in [0.717, 1.165) is 9.47 Å². The largest absolute Gasteiger partial charge is 0.380 e. The maximum atomic E-state index is 11.4. The van der Waals surface area contributed by atoms with Crippen molar-refractivity contribution in [3.8, 4) is 0 Å². The summed E-state index contributed by atoms with van der Waals surface area (Å²) in [6, 6.07) is 10.9. The molecule has 0 unspecified atom stereocenters. The van der Waals surface area contributed by atoms with Crippen molar-refractivity contribution in [1.29, 1.82) is 0 Å². The second kappa shape index (κ2) is 5.42. The second-order valence-corrected chi connectivity index (χ2v) is 8.42. The first-order valence-electron chi connectivity index (χ1n) is 5.23. The third-order valence-electron chi connectivity index (χ3n) is 2.36. The predicted molar refractivity (Wildman–Crippen MR) is 78.9 cm³/mol. The lowest BCUT2D eigenvalue weighted by Gasteiger charge is -2.06. The zero-order valence-corrected chi connectivity index (χ0v) is 12.9. The number of sulfone groups is 1. The van der Waals surface area contributed by atoms with E-state index in [4.69, 9.17) is 0 Å². The molecule has 0 spiro atoms. The summed E-state index contributed by atoms with van der Waals surface area (Å²) in [4.78, 5) is 1.52. The average Bonchev–Trinajstić information content (AvgIpc) is 2.72. The summed E-state index contributed by atoms with van der Waals surface area (Å²) in [5.74, 6) is 0. The molecule has 1 heterocycles. The molecule has 1 aromatic heterocycles. The Hall–Kier alpha value is -0.850. The quantitative estimate of drug-likeness (QED) is 0.921. The second-order valence-electron chi connectivity index (χ2n) is 3.86. The van der Waals surface area contributed by atoms with Crippen LogP contribution in [0.1, 0.15) is 4.88 Å². The smallest absolute Gasteiger partial charge is 0.175 e. The first-order valence-corrected chi connectivity index (χ1v) is 8.73. The monoisotopic (exact) mass is 345 g/mol. The third kappa shape index (κ3) is 3.57. The van der Waals surface area contributed by atoms with E-state index in [1.165, 1.54) is 11.1 Å². The van der Waals surface area contributed by atoms with Crippen LogP contribution in [0.5, 0.6) is 0 Å². The topological polar surface area (TPSA) is 46.2 Å². The summed E-state index contributed by atoms with van der Waals surface area (Å²) in [5, 5.41) is 3.21. The van der Waals surface area contributed by atoms with Gasteiger partial charge in [0.15, 0.2) is 9.84 Å². The summed E-state index contributed by atoms with van der Waals surface area (Å²) in [5.41, 5.74) is 0.808. The minimum absolute atomic E-state index is 0.333. The molecule has 0 saturated heterocycles. The molecule has 0 atom stereocenters. The number of thiophene rings is 1. The molecular weight excluding hydrogens is 334 g/mol. The van der Waals surface area contributed by atoms with Gasteiger partial charge in [-0.15, -0.1) is 11.3 Å². The Balaban J connectivity index is 2.11. The van der Waals surface area contributed by atoms with E-state index in [1.807, 2.05) is 18.2 Å². The molecule has 2 aromatic rings. The van der Waals surface area contributed by atoms with Crippen molar-refractivity contribution < 1.29 is 8.42 Å². The van der Waals surface area contributed by atoms with Crippen molar-refractivity contribution in [2.75, 3.05) is 11.6 Å². The first-order chi connectivity index (χ1) is 8.45. The Morgan fingerprint density at radius 1 is 1.28 bits per heavy atom. The fraction of sp³-hybridized carbons (Fsp3) is 0.167. The molecule has 96 valence electrons. The van der Waals surface area contributed by atoms with Crippen LogP contribution < -0.4 is 5.32 Å². The molecule has 0 bridgehead atoms. The SMILES string of the molecule is CS(=O)(=O)c1cccc(NCc2ccc(Br)s2)c1. The van der Waals surface area contributed by atoms with Gasteiger partial charge in [-0.05, 0) is 46.3 Å². The summed E-state index contributed by atoms with van der Waals surface area (Å²) < 4.78 is 23.9. The van der Waals surface area contributed by atoms with Crippen LogP contribution in [-0.2, 0) is 16.4 Å². The van der Waals surface area contributed by atoms with Crippen LogP contribution in [0.3, 0.4) is 0 Å². The number of hydrogen-bond acceptors (Lipinski definition) is 4. The van der Waals surface area contributed by atoms with E-state index >= 15 is 0 Å². The summed E-state index contributed by atoms with van der Waals surface area (Å²) in [6.07, 6.45) is 1.21. The van der Waals surface area contributed by atoms with Crippen molar-refractivity contribution >= 4 is 42.8 Å². The molecule has 0 aliphatic carbocycles. The fourth-order valence-corrected chi connectivity index (χ4v) is 3.56. The number of benzene rings is 1. The van der Waals surface area contributed by atoms with Gasteiger partial charge in [-0.3, -0.25) is 0 Å². The molecule has 6 heteroatoms. The first kappa shape index (κ1) is 13.6. The lowest BCUT2D eigenvalue weighted by molar-refractivity contribution is 0.602. The van der Waals surface area contributed by atoms with E-state index < -0.39 is 9.84 Å². The van der Waals surface area contributed by atoms with Gasteiger partial charge in [0, 0.05) is 23.4 Å². The molecular formula is C12H12BrNO2S2. The van der Waals surface area contributed by atoms with Gasteiger partial charge in [-0.1, -0.05) is 6.07 Å². The van der Waals surface area contributed by atoms with Crippen LogP contribution in [0, 0.1) is 0 Å². The van der Waals surface area contributed by atoms with E-state index in [2.05, 4.69) is 21.2 Å². The molecule has 3 nitrogen and oxygen atoms in total. The van der Waals surface area contributed by atoms with Crippen molar-refractivity contribution in [3.63, 3.8) is 0 Å². The minimum atomic E-state index is -3.15. The lowest BCUT2D eigenvalue weighted by atomic mass is 10.3. The average molecular weight is 346 g/mol. The molecule has 0 aliphatic heterocycles. The van der Waals surface area contributed by atoms with Gasteiger partial charge in [0.1, 0.15) is 0 Å². The van der Waals surface area contributed by atoms with Gasteiger partial charge >= 0.3 is 0 Å². The number of rotatable bonds is 4. The molecule has 0 saturated carbocycles. The third-order valence-corrected chi connectivity index (χ3v) is 5.09. The van der Waals surface area contributed by atoms with Gasteiger partial charge in [0.25, 0.3) is 0 Å². The van der Waals surface area contributed by atoms with Crippen molar-refractivity contribution in [2.24, 2.45) is 0 Å². The molecule has 18 heavy (non-hydrogen) atoms. The molecule has 0 radical (unpaired) electrons. The van der Waals surface area contributed by atoms with Gasteiger partial charge in [-0.2, -0.15) is 0 Å². The van der Waals surface area contributed by atoms with Crippen molar-refractivity contribution in [1.82, 2.24) is 0 Å². The van der Waals surface area contributed by atoms with Gasteiger partial charge < -0.3 is 5.32 Å². The number of halogens is 1. The van der Waals surface area contributed by atoms with E-state index in [0.29, 0.717) is 11.4 Å². The van der Waals surface area contributed by atoms with Crippen molar-refractivity contribution in [2.45, 2.75) is 11.4 Å². The van der Waals surface area contributed by atoms with Crippen LogP contribution in [0.4, 0.5) is 5.69 Å². The number of hydrogen-bond donors (Lipinski definition) is 1. The van der Waals surface area contributed by atoms with Crippen molar-refractivity contribution in [3.05, 3.63) is 45.1 Å². The van der Waals surface area contributed by atoms with Crippen LogP contribution >= 0.6 is 27.3 Å². The zero-order valence-electron chi connectivity index (χ0n) is 9.68. The summed E-state index contributed by atoms with van der Waals surface area (Å²) >= 11 is 5.06. The van der Waals surface area contributed by atoms with E-state index in [9.17, 15) is 8.42 Å². The number of nitrogens with one attached hydrogen (secondary N) is 1. The highest BCUT2D eigenvalue weighted by atomic mass is 79.9. The summed E-state index contributed by atoms with van der Waals surface area (Å²) in [6.45, 7) is 0.684. The standard InChI is InChI=1S/C12H12BrNO2S2/c1-18(15,16)11-4-2-3-9(7-11)14-8-10-5-6-12(13)17-10/h2-7,14H,8H2,1H3. The molecule has 2 rings (SSSR count). The molecule has 1 N–H and O–H groups in total. The molecule has 0 amide bonds. The summed E-state index contributed by atoms with van der Waals surface area (Å²) in [7, 11) is -3.15. The lowest BCUT2D eigenvalue weighted by Crippen LogP contribution is -2.01. The van der Waals surface area contributed by atoms with E-state index in [-0.39, 0.29) is 0 Å². The Labute approximate surface area is 119 Å².